The molecule has 0 saturated carbocycles. The van der Waals surface area contributed by atoms with Gasteiger partial charge in [-0.15, -0.1) is 0 Å². The van der Waals surface area contributed by atoms with E-state index in [9.17, 15) is 9.59 Å². The van der Waals surface area contributed by atoms with E-state index in [0.29, 0.717) is 6.54 Å². The summed E-state index contributed by atoms with van der Waals surface area (Å²) in [6.45, 7) is 3.82. The molecule has 33 heavy (non-hydrogen) atoms. The molecule has 6 heteroatoms. The van der Waals surface area contributed by atoms with Crippen molar-refractivity contribution in [1.82, 2.24) is 15.6 Å². The number of nitrogens with zero attached hydrogens (tertiary/aromatic N) is 2. The summed E-state index contributed by atoms with van der Waals surface area (Å²) in [4.78, 5) is 31.3. The molecule has 1 atom stereocenters. The molecule has 0 fully saturated rings. The number of amides is 2. The van der Waals surface area contributed by atoms with E-state index >= 15 is 0 Å². The fraction of sp³-hybridized carbons (Fsp3) is 0.222. The van der Waals surface area contributed by atoms with Crippen molar-refractivity contribution >= 4 is 23.7 Å². The summed E-state index contributed by atoms with van der Waals surface area (Å²) in [5.41, 5.74) is 4.59. The molecule has 1 unspecified atom stereocenters. The molecule has 0 aliphatic carbocycles. The summed E-state index contributed by atoms with van der Waals surface area (Å²) >= 11 is 0. The van der Waals surface area contributed by atoms with Gasteiger partial charge in [-0.25, -0.2) is 4.98 Å². The predicted molar refractivity (Wildman–Crippen MR) is 130 cm³/mol. The van der Waals surface area contributed by atoms with Gasteiger partial charge in [-0.05, 0) is 47.7 Å². The average molecular weight is 441 g/mol. The number of rotatable bonds is 7. The zero-order chi connectivity index (χ0) is 23.0. The molecule has 3 aromatic rings. The quantitative estimate of drug-likeness (QED) is 0.552. The van der Waals surface area contributed by atoms with Gasteiger partial charge in [-0.3, -0.25) is 9.59 Å². The molecule has 4 rings (SSSR count). The molecule has 2 N–H and O–H groups in total. The Morgan fingerprint density at radius 1 is 1.03 bits per heavy atom. The van der Waals surface area contributed by atoms with Gasteiger partial charge in [0.1, 0.15) is 11.9 Å². The van der Waals surface area contributed by atoms with Crippen LogP contribution < -0.4 is 15.5 Å². The lowest BCUT2D eigenvalue weighted by atomic mass is 10.00. The van der Waals surface area contributed by atoms with E-state index < -0.39 is 6.04 Å². The fourth-order valence-corrected chi connectivity index (χ4v) is 3.80. The number of carbonyl (C=O) groups excluding carboxylic acids is 2. The number of aromatic nitrogens is 1. The number of hydrogen-bond acceptors (Lipinski definition) is 4. The highest BCUT2D eigenvalue weighted by molar-refractivity contribution is 5.95. The molecule has 2 heterocycles. The fourth-order valence-electron chi connectivity index (χ4n) is 3.80. The molecular formula is C27H28N4O2. The molecule has 2 amide bonds. The van der Waals surface area contributed by atoms with Crippen LogP contribution in [0, 0.1) is 0 Å². The lowest BCUT2D eigenvalue weighted by molar-refractivity contribution is -0.126. The van der Waals surface area contributed by atoms with Gasteiger partial charge >= 0.3 is 0 Å². The number of anilines is 1. The van der Waals surface area contributed by atoms with E-state index in [0.717, 1.165) is 36.5 Å². The van der Waals surface area contributed by atoms with Crippen molar-refractivity contribution in [2.75, 3.05) is 11.4 Å². The second-order valence-electron chi connectivity index (χ2n) is 8.16. The Hall–Kier alpha value is -3.93. The number of hydrogen-bond donors (Lipinski definition) is 2. The first-order valence-electron chi connectivity index (χ1n) is 11.2. The lowest BCUT2D eigenvalue weighted by Crippen LogP contribution is -2.44. The molecule has 0 saturated heterocycles. The van der Waals surface area contributed by atoms with Crippen LogP contribution in [0.4, 0.5) is 5.82 Å². The van der Waals surface area contributed by atoms with Crippen molar-refractivity contribution in [3.05, 3.63) is 101 Å². The molecule has 168 valence electrons. The van der Waals surface area contributed by atoms with Gasteiger partial charge in [0.25, 0.3) is 0 Å². The van der Waals surface area contributed by atoms with Crippen LogP contribution in [0.15, 0.2) is 79.0 Å². The standard InChI is InChI=1S/C27H28N4O2/c1-20(30-26(32)14-12-21-7-3-2-4-8-21)27(33)29-18-22-11-13-25(28-17-22)31-16-15-23-9-5-6-10-24(23)19-31/h2-14,17,20H,15-16,18-19H2,1H3,(H,29,33)(H,30,32)/b14-12+. The highest BCUT2D eigenvalue weighted by atomic mass is 16.2. The third-order valence-electron chi connectivity index (χ3n) is 5.71. The Bertz CT molecular complexity index is 1130. The molecule has 2 aromatic carbocycles. The van der Waals surface area contributed by atoms with Crippen LogP contribution in [-0.4, -0.2) is 29.4 Å². The molecule has 1 aromatic heterocycles. The highest BCUT2D eigenvalue weighted by Gasteiger charge is 2.17. The number of benzene rings is 2. The zero-order valence-electron chi connectivity index (χ0n) is 18.7. The Morgan fingerprint density at radius 3 is 2.55 bits per heavy atom. The number of fused-ring (bicyclic) bond motifs is 1. The molecule has 0 bridgehead atoms. The molecule has 0 spiro atoms. The molecule has 1 aliphatic rings. The van der Waals surface area contributed by atoms with Crippen molar-refractivity contribution in [1.29, 1.82) is 0 Å². The Kier molecular flexibility index (Phi) is 7.15. The Balaban J connectivity index is 1.24. The van der Waals surface area contributed by atoms with Crippen molar-refractivity contribution in [3.63, 3.8) is 0 Å². The maximum atomic E-state index is 12.4. The SMILES string of the molecule is CC(NC(=O)/C=C/c1ccccc1)C(=O)NCc1ccc(N2CCc3ccccc3C2)nc1. The average Bonchev–Trinajstić information content (AvgIpc) is 2.86. The summed E-state index contributed by atoms with van der Waals surface area (Å²) < 4.78 is 0. The highest BCUT2D eigenvalue weighted by Crippen LogP contribution is 2.22. The third-order valence-corrected chi connectivity index (χ3v) is 5.71. The smallest absolute Gasteiger partial charge is 0.244 e. The predicted octanol–water partition coefficient (Wildman–Crippen LogP) is 3.48. The van der Waals surface area contributed by atoms with Gasteiger partial charge in [0.05, 0.1) is 0 Å². The summed E-state index contributed by atoms with van der Waals surface area (Å²) in [7, 11) is 0. The summed E-state index contributed by atoms with van der Waals surface area (Å²) in [6.07, 6.45) is 5.96. The second-order valence-corrected chi connectivity index (χ2v) is 8.16. The zero-order valence-corrected chi connectivity index (χ0v) is 18.7. The van der Waals surface area contributed by atoms with Crippen LogP contribution in [0.3, 0.4) is 0 Å². The summed E-state index contributed by atoms with van der Waals surface area (Å²) in [5, 5.41) is 5.54. The molecule has 1 aliphatic heterocycles. The van der Waals surface area contributed by atoms with Crippen LogP contribution in [0.25, 0.3) is 6.08 Å². The first kappa shape index (κ1) is 22.3. The van der Waals surface area contributed by atoms with Crippen LogP contribution in [-0.2, 0) is 29.1 Å². The lowest BCUT2D eigenvalue weighted by Gasteiger charge is -2.29. The first-order chi connectivity index (χ1) is 16.1. The van der Waals surface area contributed by atoms with E-state index in [-0.39, 0.29) is 11.8 Å². The normalized spacial score (nSPS) is 13.9. The van der Waals surface area contributed by atoms with Crippen LogP contribution >= 0.6 is 0 Å². The topological polar surface area (TPSA) is 74.3 Å². The Morgan fingerprint density at radius 2 is 1.79 bits per heavy atom. The van der Waals surface area contributed by atoms with Gasteiger partial charge in [0, 0.05) is 31.9 Å². The van der Waals surface area contributed by atoms with Crippen molar-refractivity contribution in [2.45, 2.75) is 32.5 Å². The summed E-state index contributed by atoms with van der Waals surface area (Å²) in [5.74, 6) is 0.384. The van der Waals surface area contributed by atoms with E-state index in [1.807, 2.05) is 42.5 Å². The largest absolute Gasteiger partial charge is 0.352 e. The number of nitrogens with one attached hydrogen (secondary N) is 2. The summed E-state index contributed by atoms with van der Waals surface area (Å²) in [6, 6.07) is 21.4. The number of carbonyl (C=O) groups is 2. The minimum atomic E-state index is -0.640. The maximum absolute atomic E-state index is 12.4. The molecular weight excluding hydrogens is 412 g/mol. The van der Waals surface area contributed by atoms with E-state index in [4.69, 9.17) is 0 Å². The van der Waals surface area contributed by atoms with Gasteiger partial charge in [-0.1, -0.05) is 60.7 Å². The number of pyridine rings is 1. The van der Waals surface area contributed by atoms with E-state index in [1.165, 1.54) is 17.2 Å². The first-order valence-corrected chi connectivity index (χ1v) is 11.2. The van der Waals surface area contributed by atoms with Crippen LogP contribution in [0.2, 0.25) is 0 Å². The Labute approximate surface area is 194 Å². The molecule has 6 nitrogen and oxygen atoms in total. The van der Waals surface area contributed by atoms with Crippen molar-refractivity contribution in [2.24, 2.45) is 0 Å². The van der Waals surface area contributed by atoms with Crippen molar-refractivity contribution < 1.29 is 9.59 Å². The van der Waals surface area contributed by atoms with Crippen molar-refractivity contribution in [3.8, 4) is 0 Å². The van der Waals surface area contributed by atoms with Crippen LogP contribution in [0.1, 0.15) is 29.2 Å². The van der Waals surface area contributed by atoms with E-state index in [2.05, 4.69) is 44.8 Å². The maximum Gasteiger partial charge on any atom is 0.244 e. The van der Waals surface area contributed by atoms with Crippen LogP contribution in [0.5, 0.6) is 0 Å². The monoisotopic (exact) mass is 440 g/mol. The third kappa shape index (κ3) is 6.07. The van der Waals surface area contributed by atoms with E-state index in [1.54, 1.807) is 19.2 Å². The molecule has 0 radical (unpaired) electrons. The van der Waals surface area contributed by atoms with Gasteiger partial charge in [0.2, 0.25) is 11.8 Å². The van der Waals surface area contributed by atoms with Gasteiger partial charge < -0.3 is 15.5 Å². The minimum Gasteiger partial charge on any atom is -0.352 e. The minimum absolute atomic E-state index is 0.242. The van der Waals surface area contributed by atoms with Gasteiger partial charge in [0.15, 0.2) is 0 Å². The second kappa shape index (κ2) is 10.6. The van der Waals surface area contributed by atoms with Gasteiger partial charge in [-0.2, -0.15) is 0 Å².